The predicted octanol–water partition coefficient (Wildman–Crippen LogP) is 5.90. The Hall–Kier alpha value is -2.66. The quantitative estimate of drug-likeness (QED) is 0.423. The van der Waals surface area contributed by atoms with Gasteiger partial charge in [0, 0.05) is 18.0 Å². The Morgan fingerprint density at radius 2 is 1.77 bits per heavy atom. The summed E-state index contributed by atoms with van der Waals surface area (Å²) in [6.07, 6.45) is 0.711. The number of benzene rings is 2. The van der Waals surface area contributed by atoms with Gasteiger partial charge in [0.25, 0.3) is 5.91 Å². The maximum absolute atomic E-state index is 12.9. The van der Waals surface area contributed by atoms with Crippen LogP contribution in [-0.2, 0) is 12.2 Å². The summed E-state index contributed by atoms with van der Waals surface area (Å²) in [4.78, 5) is 15.9. The van der Waals surface area contributed by atoms with Gasteiger partial charge >= 0.3 is 0 Å². The first kappa shape index (κ1) is 22.0. The maximum atomic E-state index is 12.9. The van der Waals surface area contributed by atoms with E-state index in [-0.39, 0.29) is 11.9 Å². The highest BCUT2D eigenvalue weighted by molar-refractivity contribution is 7.98. The van der Waals surface area contributed by atoms with Crippen molar-refractivity contribution in [2.45, 2.75) is 43.9 Å². The number of rotatable bonds is 8. The lowest BCUT2D eigenvalue weighted by Gasteiger charge is -2.24. The third-order valence-electron chi connectivity index (χ3n) is 5.33. The fraction of sp³-hybridized carbons (Fsp3) is 0.320. The van der Waals surface area contributed by atoms with Gasteiger partial charge in [-0.15, -0.1) is 11.8 Å². The van der Waals surface area contributed by atoms with Crippen molar-refractivity contribution in [1.29, 1.82) is 0 Å². The molecule has 0 bridgehead atoms. The molecule has 0 aliphatic rings. The van der Waals surface area contributed by atoms with E-state index in [9.17, 15) is 4.79 Å². The second kappa shape index (κ2) is 9.90. The molecule has 158 valence electrons. The fourth-order valence-corrected chi connectivity index (χ4v) is 4.47. The van der Waals surface area contributed by atoms with Crippen molar-refractivity contribution in [2.24, 2.45) is 0 Å². The smallest absolute Gasteiger partial charge is 0.289 e. The van der Waals surface area contributed by atoms with Gasteiger partial charge in [-0.25, -0.2) is 0 Å². The zero-order chi connectivity index (χ0) is 21.7. The van der Waals surface area contributed by atoms with Gasteiger partial charge in [0.1, 0.15) is 11.5 Å². The number of thioether (sulfide) groups is 1. The standard InChI is InChI=1S/C25H29NO3S/c1-17-9-8-10-18(2)24(17)30-16-21-13-14-23(29-21)25(27)26(4)19(3)15-20-11-6-7-12-22(20)28-5/h6-14,19H,15-16H2,1-5H3. The van der Waals surface area contributed by atoms with Gasteiger partial charge in [0.15, 0.2) is 5.76 Å². The molecule has 3 rings (SSSR count). The van der Waals surface area contributed by atoms with Crippen LogP contribution in [-0.4, -0.2) is 31.0 Å². The normalized spacial score (nSPS) is 11.9. The molecule has 1 amide bonds. The summed E-state index contributed by atoms with van der Waals surface area (Å²) in [6, 6.07) is 17.9. The lowest BCUT2D eigenvalue weighted by molar-refractivity contribution is 0.0709. The van der Waals surface area contributed by atoms with Crippen LogP contribution in [0.4, 0.5) is 0 Å². The van der Waals surface area contributed by atoms with E-state index >= 15 is 0 Å². The van der Waals surface area contributed by atoms with E-state index in [1.807, 2.05) is 44.3 Å². The van der Waals surface area contributed by atoms with Crippen LogP contribution in [0.5, 0.6) is 5.75 Å². The number of para-hydroxylation sites is 1. The molecular weight excluding hydrogens is 394 g/mol. The van der Waals surface area contributed by atoms with Crippen LogP contribution >= 0.6 is 11.8 Å². The Balaban J connectivity index is 1.63. The molecule has 1 aromatic heterocycles. The molecule has 5 heteroatoms. The SMILES string of the molecule is COc1ccccc1CC(C)N(C)C(=O)c1ccc(CSc2c(C)cccc2C)o1. The molecule has 0 saturated carbocycles. The Labute approximate surface area is 183 Å². The van der Waals surface area contributed by atoms with Crippen LogP contribution in [0.15, 0.2) is 63.9 Å². The number of nitrogens with zero attached hydrogens (tertiary/aromatic N) is 1. The van der Waals surface area contributed by atoms with Gasteiger partial charge in [-0.1, -0.05) is 36.4 Å². The number of carbonyl (C=O) groups is 1. The number of carbonyl (C=O) groups excluding carboxylic acids is 1. The summed E-state index contributed by atoms with van der Waals surface area (Å²) < 4.78 is 11.3. The minimum atomic E-state index is -0.110. The average molecular weight is 424 g/mol. The van der Waals surface area contributed by atoms with Crippen molar-refractivity contribution in [3.63, 3.8) is 0 Å². The third-order valence-corrected chi connectivity index (χ3v) is 6.69. The molecule has 4 nitrogen and oxygen atoms in total. The van der Waals surface area contributed by atoms with E-state index in [4.69, 9.17) is 9.15 Å². The number of amides is 1. The second-order valence-corrected chi connectivity index (χ2v) is 8.54. The van der Waals surface area contributed by atoms with Crippen molar-refractivity contribution in [1.82, 2.24) is 4.90 Å². The molecular formula is C25H29NO3S. The van der Waals surface area contributed by atoms with E-state index in [0.29, 0.717) is 17.9 Å². The highest BCUT2D eigenvalue weighted by Gasteiger charge is 2.22. The van der Waals surface area contributed by atoms with Crippen LogP contribution in [0.1, 0.15) is 39.9 Å². The number of methoxy groups -OCH3 is 1. The van der Waals surface area contributed by atoms with E-state index in [1.165, 1.54) is 16.0 Å². The first-order chi connectivity index (χ1) is 14.4. The van der Waals surface area contributed by atoms with Gasteiger partial charge in [-0.2, -0.15) is 0 Å². The molecule has 30 heavy (non-hydrogen) atoms. The third kappa shape index (κ3) is 5.08. The predicted molar refractivity (Wildman–Crippen MR) is 122 cm³/mol. The Kier molecular flexibility index (Phi) is 7.27. The molecule has 0 aliphatic carbocycles. The molecule has 0 aliphatic heterocycles. The summed E-state index contributed by atoms with van der Waals surface area (Å²) in [5.74, 6) is 2.60. The molecule has 3 aromatic rings. The molecule has 0 saturated heterocycles. The van der Waals surface area contributed by atoms with Gasteiger partial charge in [-0.05, 0) is 62.1 Å². The molecule has 0 N–H and O–H groups in total. The average Bonchev–Trinajstić information content (AvgIpc) is 3.21. The molecule has 1 atom stereocenters. The number of hydrogen-bond donors (Lipinski definition) is 0. The van der Waals surface area contributed by atoms with Gasteiger partial charge in [-0.3, -0.25) is 4.79 Å². The van der Waals surface area contributed by atoms with Crippen molar-refractivity contribution in [3.05, 3.63) is 82.8 Å². The summed E-state index contributed by atoms with van der Waals surface area (Å²) >= 11 is 1.74. The number of ether oxygens (including phenoxy) is 1. The maximum Gasteiger partial charge on any atom is 0.289 e. The summed E-state index contributed by atoms with van der Waals surface area (Å²) in [5.41, 5.74) is 3.60. The van der Waals surface area contributed by atoms with Crippen molar-refractivity contribution in [3.8, 4) is 5.75 Å². The zero-order valence-electron chi connectivity index (χ0n) is 18.3. The van der Waals surface area contributed by atoms with Crippen molar-refractivity contribution in [2.75, 3.05) is 14.2 Å². The first-order valence-electron chi connectivity index (χ1n) is 10.1. The number of likely N-dealkylation sites (N-methyl/N-ethyl adjacent to an activating group) is 1. The van der Waals surface area contributed by atoms with E-state index in [1.54, 1.807) is 29.8 Å². The van der Waals surface area contributed by atoms with E-state index < -0.39 is 0 Å². The van der Waals surface area contributed by atoms with Crippen molar-refractivity contribution < 1.29 is 13.9 Å². The minimum absolute atomic E-state index is 0.00587. The molecule has 0 radical (unpaired) electrons. The number of hydrogen-bond acceptors (Lipinski definition) is 4. The van der Waals surface area contributed by atoms with Gasteiger partial charge in [0.05, 0.1) is 12.9 Å². The lowest BCUT2D eigenvalue weighted by atomic mass is 10.0. The van der Waals surface area contributed by atoms with Crippen LogP contribution in [0.2, 0.25) is 0 Å². The fourth-order valence-electron chi connectivity index (χ4n) is 3.44. The lowest BCUT2D eigenvalue weighted by Crippen LogP contribution is -2.36. The van der Waals surface area contributed by atoms with Crippen LogP contribution in [0.3, 0.4) is 0 Å². The first-order valence-corrected chi connectivity index (χ1v) is 11.1. The summed E-state index contributed by atoms with van der Waals surface area (Å²) in [5, 5.41) is 0. The number of furan rings is 1. The number of aryl methyl sites for hydroxylation is 2. The Morgan fingerprint density at radius 3 is 2.47 bits per heavy atom. The highest BCUT2D eigenvalue weighted by Crippen LogP contribution is 2.30. The molecule has 1 unspecified atom stereocenters. The van der Waals surface area contributed by atoms with E-state index in [2.05, 4.69) is 32.0 Å². The topological polar surface area (TPSA) is 42.7 Å². The monoisotopic (exact) mass is 423 g/mol. The summed E-state index contributed by atoms with van der Waals surface area (Å²) in [7, 11) is 3.48. The summed E-state index contributed by atoms with van der Waals surface area (Å²) in [6.45, 7) is 6.26. The highest BCUT2D eigenvalue weighted by atomic mass is 32.2. The van der Waals surface area contributed by atoms with Crippen LogP contribution < -0.4 is 4.74 Å². The zero-order valence-corrected chi connectivity index (χ0v) is 19.1. The molecule has 1 heterocycles. The molecule has 2 aromatic carbocycles. The Bertz CT molecular complexity index is 991. The van der Waals surface area contributed by atoms with Gasteiger partial charge < -0.3 is 14.1 Å². The van der Waals surface area contributed by atoms with Gasteiger partial charge in [0.2, 0.25) is 0 Å². The Morgan fingerprint density at radius 1 is 1.07 bits per heavy atom. The van der Waals surface area contributed by atoms with Crippen LogP contribution in [0, 0.1) is 13.8 Å². The molecule has 0 spiro atoms. The minimum Gasteiger partial charge on any atom is -0.496 e. The largest absolute Gasteiger partial charge is 0.496 e. The van der Waals surface area contributed by atoms with Crippen molar-refractivity contribution >= 4 is 17.7 Å². The van der Waals surface area contributed by atoms with Crippen LogP contribution in [0.25, 0.3) is 0 Å². The molecule has 0 fully saturated rings. The second-order valence-electron chi connectivity index (χ2n) is 7.56. The van der Waals surface area contributed by atoms with E-state index in [0.717, 1.165) is 17.1 Å².